The molecule has 0 amide bonds. The van der Waals surface area contributed by atoms with Gasteiger partial charge in [0.05, 0.1) is 10.7 Å². The molecule has 2 N–H and O–H groups in total. The highest BCUT2D eigenvalue weighted by Crippen LogP contribution is 2.30. The first-order chi connectivity index (χ1) is 8.03. The lowest BCUT2D eigenvalue weighted by molar-refractivity contribution is 0.197. The zero-order chi connectivity index (χ0) is 12.5. The Balaban J connectivity index is 2.25. The van der Waals surface area contributed by atoms with Gasteiger partial charge >= 0.3 is 0 Å². The molecule has 0 aromatic carbocycles. The average Bonchev–Trinajstić information content (AvgIpc) is 3.10. The Kier molecular flexibility index (Phi) is 3.37. The second-order valence-electron chi connectivity index (χ2n) is 4.50. The van der Waals surface area contributed by atoms with Crippen molar-refractivity contribution in [2.24, 2.45) is 11.7 Å². The molecular formula is C13H14ClFN2. The number of alkyl halides is 1. The molecule has 1 aromatic rings. The summed E-state index contributed by atoms with van der Waals surface area (Å²) in [5, 5.41) is 0.281. The maximum absolute atomic E-state index is 14.0. The van der Waals surface area contributed by atoms with Crippen LogP contribution in [0.2, 0.25) is 5.02 Å². The van der Waals surface area contributed by atoms with Gasteiger partial charge in [-0.2, -0.15) is 0 Å². The van der Waals surface area contributed by atoms with Crippen molar-refractivity contribution in [2.75, 3.05) is 6.54 Å². The van der Waals surface area contributed by atoms with E-state index in [1.807, 2.05) is 0 Å². The van der Waals surface area contributed by atoms with Crippen LogP contribution in [0, 0.1) is 17.8 Å². The smallest absolute Gasteiger partial charge is 0.163 e. The molecule has 1 aromatic heterocycles. The van der Waals surface area contributed by atoms with Crippen molar-refractivity contribution in [3.8, 4) is 11.8 Å². The number of pyridine rings is 1. The summed E-state index contributed by atoms with van der Waals surface area (Å²) in [6.45, 7) is 1.23. The molecule has 2 rings (SSSR count). The average molecular weight is 253 g/mol. The van der Waals surface area contributed by atoms with E-state index in [0.29, 0.717) is 5.92 Å². The third-order valence-corrected chi connectivity index (χ3v) is 3.00. The number of rotatable bonds is 2. The van der Waals surface area contributed by atoms with E-state index >= 15 is 0 Å². The minimum atomic E-state index is -1.69. The zero-order valence-electron chi connectivity index (χ0n) is 9.63. The van der Waals surface area contributed by atoms with Crippen molar-refractivity contribution in [1.29, 1.82) is 0 Å². The van der Waals surface area contributed by atoms with Crippen LogP contribution >= 0.6 is 11.6 Å². The molecule has 1 heterocycles. The van der Waals surface area contributed by atoms with Crippen LogP contribution in [0.3, 0.4) is 0 Å². The van der Waals surface area contributed by atoms with Crippen LogP contribution in [0.4, 0.5) is 4.39 Å². The minimum Gasteiger partial charge on any atom is -0.327 e. The van der Waals surface area contributed by atoms with Gasteiger partial charge in [0.1, 0.15) is 0 Å². The number of hydrogen-bond acceptors (Lipinski definition) is 2. The van der Waals surface area contributed by atoms with Crippen molar-refractivity contribution in [2.45, 2.75) is 25.4 Å². The monoisotopic (exact) mass is 252 g/mol. The zero-order valence-corrected chi connectivity index (χ0v) is 10.4. The highest BCUT2D eigenvalue weighted by atomic mass is 35.5. The highest BCUT2D eigenvalue weighted by Gasteiger charge is 2.28. The number of aromatic nitrogens is 1. The first-order valence-electron chi connectivity index (χ1n) is 5.59. The van der Waals surface area contributed by atoms with Crippen LogP contribution in [0.1, 0.15) is 31.0 Å². The fraction of sp³-hybridized carbons (Fsp3) is 0.462. The minimum absolute atomic E-state index is 0.146. The van der Waals surface area contributed by atoms with E-state index in [9.17, 15) is 4.39 Å². The van der Waals surface area contributed by atoms with Crippen LogP contribution in [0.5, 0.6) is 0 Å². The molecule has 0 radical (unpaired) electrons. The SMILES string of the molecule is CC(F)(CN)c1ncc(C#CC2CC2)cc1Cl. The summed E-state index contributed by atoms with van der Waals surface area (Å²) in [5.74, 6) is 6.62. The Morgan fingerprint density at radius 3 is 2.88 bits per heavy atom. The molecule has 0 spiro atoms. The topological polar surface area (TPSA) is 38.9 Å². The van der Waals surface area contributed by atoms with Gasteiger partial charge in [0, 0.05) is 24.2 Å². The van der Waals surface area contributed by atoms with E-state index in [1.165, 1.54) is 19.8 Å². The van der Waals surface area contributed by atoms with Crippen LogP contribution in [0.15, 0.2) is 12.3 Å². The fourth-order valence-corrected chi connectivity index (χ4v) is 1.76. The molecule has 1 aliphatic rings. The molecule has 1 saturated carbocycles. The Morgan fingerprint density at radius 1 is 1.65 bits per heavy atom. The van der Waals surface area contributed by atoms with E-state index in [1.54, 1.807) is 12.3 Å². The number of nitrogens with zero attached hydrogens (tertiary/aromatic N) is 1. The van der Waals surface area contributed by atoms with Gasteiger partial charge in [-0.05, 0) is 25.8 Å². The van der Waals surface area contributed by atoms with E-state index in [2.05, 4.69) is 16.8 Å². The Bertz CT molecular complexity index is 484. The van der Waals surface area contributed by atoms with Gasteiger partial charge in [-0.1, -0.05) is 23.4 Å². The molecule has 4 heteroatoms. The largest absolute Gasteiger partial charge is 0.327 e. The van der Waals surface area contributed by atoms with Crippen LogP contribution in [0.25, 0.3) is 0 Å². The van der Waals surface area contributed by atoms with E-state index in [-0.39, 0.29) is 17.3 Å². The van der Waals surface area contributed by atoms with Crippen molar-refractivity contribution in [3.63, 3.8) is 0 Å². The molecule has 1 atom stereocenters. The summed E-state index contributed by atoms with van der Waals surface area (Å²) in [5.41, 5.74) is 4.56. The van der Waals surface area contributed by atoms with E-state index in [4.69, 9.17) is 17.3 Å². The lowest BCUT2D eigenvalue weighted by atomic mass is 10.0. The molecule has 1 unspecified atom stereocenters. The summed E-state index contributed by atoms with van der Waals surface area (Å²) in [4.78, 5) is 4.03. The van der Waals surface area contributed by atoms with Gasteiger partial charge in [0.25, 0.3) is 0 Å². The molecule has 0 saturated heterocycles. The van der Waals surface area contributed by atoms with Gasteiger partial charge < -0.3 is 5.73 Å². The molecule has 90 valence electrons. The molecule has 1 fully saturated rings. The summed E-state index contributed by atoms with van der Waals surface area (Å²) in [6, 6.07) is 1.65. The van der Waals surface area contributed by atoms with Crippen LogP contribution < -0.4 is 5.73 Å². The molecule has 1 aliphatic carbocycles. The predicted octanol–water partition coefficient (Wildman–Crippen LogP) is 2.64. The fourth-order valence-electron chi connectivity index (χ4n) is 1.40. The number of nitrogens with two attached hydrogens (primary N) is 1. The molecule has 0 bridgehead atoms. The summed E-state index contributed by atoms with van der Waals surface area (Å²) >= 11 is 6.00. The second-order valence-corrected chi connectivity index (χ2v) is 4.91. The number of halogens is 2. The van der Waals surface area contributed by atoms with Crippen molar-refractivity contribution < 1.29 is 4.39 Å². The lowest BCUT2D eigenvalue weighted by Crippen LogP contribution is -2.28. The molecule has 2 nitrogen and oxygen atoms in total. The van der Waals surface area contributed by atoms with Gasteiger partial charge in [0.15, 0.2) is 5.67 Å². The van der Waals surface area contributed by atoms with Gasteiger partial charge in [-0.15, -0.1) is 0 Å². The summed E-state index contributed by atoms with van der Waals surface area (Å²) < 4.78 is 14.0. The van der Waals surface area contributed by atoms with Crippen LogP contribution in [-0.2, 0) is 5.67 Å². The Labute approximate surface area is 105 Å². The predicted molar refractivity (Wildman–Crippen MR) is 66.4 cm³/mol. The summed E-state index contributed by atoms with van der Waals surface area (Å²) in [7, 11) is 0. The Hall–Kier alpha value is -1.11. The van der Waals surface area contributed by atoms with Crippen molar-refractivity contribution in [3.05, 3.63) is 28.5 Å². The lowest BCUT2D eigenvalue weighted by Gasteiger charge is -2.18. The van der Waals surface area contributed by atoms with Gasteiger partial charge in [-0.25, -0.2) is 4.39 Å². The molecule has 17 heavy (non-hydrogen) atoms. The highest BCUT2D eigenvalue weighted by molar-refractivity contribution is 6.31. The van der Waals surface area contributed by atoms with Crippen molar-refractivity contribution in [1.82, 2.24) is 4.98 Å². The molecule has 0 aliphatic heterocycles. The maximum atomic E-state index is 14.0. The quantitative estimate of drug-likeness (QED) is 0.822. The first-order valence-corrected chi connectivity index (χ1v) is 5.97. The first kappa shape index (κ1) is 12.3. The number of hydrogen-bond donors (Lipinski definition) is 1. The summed E-state index contributed by atoms with van der Waals surface area (Å²) in [6.07, 6.45) is 3.88. The third kappa shape index (κ3) is 2.96. The van der Waals surface area contributed by atoms with Gasteiger partial charge in [-0.3, -0.25) is 4.98 Å². The molecular weight excluding hydrogens is 239 g/mol. The van der Waals surface area contributed by atoms with E-state index in [0.717, 1.165) is 5.56 Å². The Morgan fingerprint density at radius 2 is 2.35 bits per heavy atom. The van der Waals surface area contributed by atoms with Crippen LogP contribution in [-0.4, -0.2) is 11.5 Å². The van der Waals surface area contributed by atoms with Crippen molar-refractivity contribution >= 4 is 11.6 Å². The maximum Gasteiger partial charge on any atom is 0.163 e. The third-order valence-electron chi connectivity index (χ3n) is 2.72. The standard InChI is InChI=1S/C13H14ClFN2/c1-13(15,8-16)12-11(14)6-10(7-17-12)5-4-9-2-3-9/h6-7,9H,2-3,8,16H2,1H3. The van der Waals surface area contributed by atoms with E-state index < -0.39 is 5.67 Å². The van der Waals surface area contributed by atoms with Gasteiger partial charge in [0.2, 0.25) is 0 Å². The second kappa shape index (κ2) is 4.64. The normalized spacial score (nSPS) is 18.1.